The van der Waals surface area contributed by atoms with Crippen molar-refractivity contribution < 1.29 is 9.53 Å². The number of benzene rings is 2. The number of hydrogen-bond acceptors (Lipinski definition) is 4. The molecular weight excluding hydrogens is 284 g/mol. The lowest BCUT2D eigenvalue weighted by Crippen LogP contribution is -2.27. The quantitative estimate of drug-likeness (QED) is 0.885. The van der Waals surface area contributed by atoms with Crippen LogP contribution in [0.5, 0.6) is 5.75 Å². The Bertz CT molecular complexity index is 640. The van der Waals surface area contributed by atoms with Crippen molar-refractivity contribution in [1.29, 1.82) is 0 Å². The first-order valence-corrected chi connectivity index (χ1v) is 7.67. The topological polar surface area (TPSA) is 55.6 Å². The maximum atomic E-state index is 12.2. The van der Waals surface area contributed by atoms with Crippen LogP contribution in [0, 0.1) is 0 Å². The van der Waals surface area contributed by atoms with Crippen LogP contribution in [0.2, 0.25) is 0 Å². The van der Waals surface area contributed by atoms with Gasteiger partial charge in [-0.05, 0) is 42.0 Å². The van der Waals surface area contributed by atoms with Gasteiger partial charge in [-0.25, -0.2) is 0 Å². The molecule has 1 amide bonds. The van der Waals surface area contributed by atoms with Gasteiger partial charge >= 0.3 is 0 Å². The number of carbonyl (C=O) groups is 1. The first-order valence-electron chi connectivity index (χ1n) is 6.62. The summed E-state index contributed by atoms with van der Waals surface area (Å²) in [6, 6.07) is 15.2. The van der Waals surface area contributed by atoms with Crippen LogP contribution in [0.1, 0.15) is 10.9 Å². The molecule has 0 bridgehead atoms. The minimum atomic E-state index is -0.00788. The normalized spacial score (nSPS) is 18.0. The second kappa shape index (κ2) is 5.69. The summed E-state index contributed by atoms with van der Waals surface area (Å²) in [5, 5.41) is -0.00788. The van der Waals surface area contributed by atoms with E-state index in [-0.39, 0.29) is 11.3 Å². The molecule has 21 heavy (non-hydrogen) atoms. The zero-order valence-corrected chi connectivity index (χ0v) is 12.5. The number of hydrogen-bond donors (Lipinski definition) is 1. The summed E-state index contributed by atoms with van der Waals surface area (Å²) >= 11 is 1.63. The first kappa shape index (κ1) is 13.8. The SMILES string of the molecule is COc1ccc(N2C(=O)CSC2c2ccc(N)cc2)cc1. The number of thioether (sulfide) groups is 1. The molecule has 3 rings (SSSR count). The Balaban J connectivity index is 1.93. The summed E-state index contributed by atoms with van der Waals surface area (Å²) in [7, 11) is 1.63. The number of rotatable bonds is 3. The van der Waals surface area contributed by atoms with E-state index in [9.17, 15) is 4.79 Å². The largest absolute Gasteiger partial charge is 0.497 e. The standard InChI is InChI=1S/C16H16N2O2S/c1-20-14-8-6-13(7-9-14)18-15(19)10-21-16(18)11-2-4-12(17)5-3-11/h2-9,16H,10,17H2,1H3. The Morgan fingerprint density at radius 1 is 1.14 bits per heavy atom. The maximum Gasteiger partial charge on any atom is 0.238 e. The fraction of sp³-hybridized carbons (Fsp3) is 0.188. The highest BCUT2D eigenvalue weighted by Gasteiger charge is 2.33. The highest BCUT2D eigenvalue weighted by molar-refractivity contribution is 8.00. The van der Waals surface area contributed by atoms with E-state index in [1.807, 2.05) is 53.4 Å². The number of nitrogen functional groups attached to an aromatic ring is 1. The highest BCUT2D eigenvalue weighted by atomic mass is 32.2. The zero-order chi connectivity index (χ0) is 14.8. The van der Waals surface area contributed by atoms with E-state index in [4.69, 9.17) is 10.5 Å². The molecule has 2 N–H and O–H groups in total. The van der Waals surface area contributed by atoms with Crippen LogP contribution < -0.4 is 15.4 Å². The van der Waals surface area contributed by atoms with Crippen LogP contribution in [0.4, 0.5) is 11.4 Å². The predicted octanol–water partition coefficient (Wildman–Crippen LogP) is 3.06. The van der Waals surface area contributed by atoms with E-state index in [1.165, 1.54) is 0 Å². The molecule has 1 atom stereocenters. The molecule has 1 aliphatic heterocycles. The van der Waals surface area contributed by atoms with Gasteiger partial charge in [-0.15, -0.1) is 11.8 Å². The lowest BCUT2D eigenvalue weighted by molar-refractivity contribution is -0.115. The van der Waals surface area contributed by atoms with Crippen molar-refractivity contribution in [2.75, 3.05) is 23.5 Å². The van der Waals surface area contributed by atoms with Gasteiger partial charge in [0, 0.05) is 11.4 Å². The number of methoxy groups -OCH3 is 1. The van der Waals surface area contributed by atoms with Gasteiger partial charge in [0.15, 0.2) is 0 Å². The lowest BCUT2D eigenvalue weighted by Gasteiger charge is -2.24. The summed E-state index contributed by atoms with van der Waals surface area (Å²) in [6.07, 6.45) is 0. The second-order valence-corrected chi connectivity index (χ2v) is 5.86. The third-order valence-electron chi connectivity index (χ3n) is 3.44. The highest BCUT2D eigenvalue weighted by Crippen LogP contribution is 2.42. The van der Waals surface area contributed by atoms with Gasteiger partial charge in [0.2, 0.25) is 5.91 Å². The first-order chi connectivity index (χ1) is 10.2. The average Bonchev–Trinajstić information content (AvgIpc) is 2.90. The minimum Gasteiger partial charge on any atom is -0.497 e. The zero-order valence-electron chi connectivity index (χ0n) is 11.7. The van der Waals surface area contributed by atoms with Crippen molar-refractivity contribution in [3.63, 3.8) is 0 Å². The summed E-state index contributed by atoms with van der Waals surface area (Å²) in [4.78, 5) is 14.1. The van der Waals surface area contributed by atoms with Gasteiger partial charge in [0.1, 0.15) is 11.1 Å². The Morgan fingerprint density at radius 3 is 2.43 bits per heavy atom. The molecule has 0 spiro atoms. The van der Waals surface area contributed by atoms with Crippen LogP contribution in [-0.2, 0) is 4.79 Å². The van der Waals surface area contributed by atoms with Gasteiger partial charge in [0.05, 0.1) is 12.9 Å². The number of ether oxygens (including phenoxy) is 1. The van der Waals surface area contributed by atoms with Crippen LogP contribution >= 0.6 is 11.8 Å². The van der Waals surface area contributed by atoms with Crippen molar-refractivity contribution >= 4 is 29.0 Å². The third-order valence-corrected chi connectivity index (χ3v) is 4.65. The fourth-order valence-electron chi connectivity index (χ4n) is 2.35. The molecule has 1 aliphatic rings. The average molecular weight is 300 g/mol. The summed E-state index contributed by atoms with van der Waals surface area (Å²) in [5.74, 6) is 1.38. The van der Waals surface area contributed by atoms with E-state index in [2.05, 4.69) is 0 Å². The van der Waals surface area contributed by atoms with Gasteiger partial charge < -0.3 is 10.5 Å². The smallest absolute Gasteiger partial charge is 0.238 e. The molecule has 108 valence electrons. The Hall–Kier alpha value is -2.14. The van der Waals surface area contributed by atoms with Crippen molar-refractivity contribution in [3.05, 3.63) is 54.1 Å². The number of nitrogens with zero attached hydrogens (tertiary/aromatic N) is 1. The molecule has 0 aliphatic carbocycles. The van der Waals surface area contributed by atoms with Gasteiger partial charge in [0.25, 0.3) is 0 Å². The molecule has 1 heterocycles. The van der Waals surface area contributed by atoms with E-state index >= 15 is 0 Å². The molecule has 0 saturated carbocycles. The van der Waals surface area contributed by atoms with E-state index in [1.54, 1.807) is 18.9 Å². The molecule has 1 unspecified atom stereocenters. The van der Waals surface area contributed by atoms with Crippen LogP contribution in [-0.4, -0.2) is 18.8 Å². The number of amides is 1. The fourth-order valence-corrected chi connectivity index (χ4v) is 3.53. The molecule has 1 fully saturated rings. The van der Waals surface area contributed by atoms with Gasteiger partial charge in [-0.2, -0.15) is 0 Å². The Kier molecular flexibility index (Phi) is 3.75. The monoisotopic (exact) mass is 300 g/mol. The van der Waals surface area contributed by atoms with Crippen LogP contribution in [0.3, 0.4) is 0 Å². The number of anilines is 2. The van der Waals surface area contributed by atoms with Crippen molar-refractivity contribution in [2.24, 2.45) is 0 Å². The molecule has 2 aromatic carbocycles. The Morgan fingerprint density at radius 2 is 1.81 bits per heavy atom. The van der Waals surface area contributed by atoms with Gasteiger partial charge in [-0.3, -0.25) is 9.69 Å². The van der Waals surface area contributed by atoms with Crippen molar-refractivity contribution in [3.8, 4) is 5.75 Å². The molecule has 0 radical (unpaired) electrons. The van der Waals surface area contributed by atoms with Crippen LogP contribution in [0.25, 0.3) is 0 Å². The van der Waals surface area contributed by atoms with Crippen molar-refractivity contribution in [1.82, 2.24) is 0 Å². The molecule has 2 aromatic rings. The summed E-state index contributed by atoms with van der Waals surface area (Å²) in [6.45, 7) is 0. The maximum absolute atomic E-state index is 12.2. The molecule has 5 heteroatoms. The number of nitrogens with two attached hydrogens (primary N) is 1. The molecule has 1 saturated heterocycles. The van der Waals surface area contributed by atoms with E-state index < -0.39 is 0 Å². The van der Waals surface area contributed by atoms with E-state index in [0.717, 1.165) is 22.7 Å². The predicted molar refractivity (Wildman–Crippen MR) is 86.5 cm³/mol. The number of carbonyl (C=O) groups excluding carboxylic acids is 1. The van der Waals surface area contributed by atoms with Crippen molar-refractivity contribution in [2.45, 2.75) is 5.37 Å². The summed E-state index contributed by atoms with van der Waals surface area (Å²) in [5.41, 5.74) is 8.42. The van der Waals surface area contributed by atoms with E-state index in [0.29, 0.717) is 5.75 Å². The molecule has 4 nitrogen and oxygen atoms in total. The molecule has 0 aromatic heterocycles. The third kappa shape index (κ3) is 2.69. The van der Waals surface area contributed by atoms with Gasteiger partial charge in [-0.1, -0.05) is 12.1 Å². The lowest BCUT2D eigenvalue weighted by atomic mass is 10.1. The second-order valence-electron chi connectivity index (χ2n) is 4.79. The minimum absolute atomic E-state index is 0.00788. The van der Waals surface area contributed by atoms with Crippen LogP contribution in [0.15, 0.2) is 48.5 Å². The molecular formula is C16H16N2O2S. The summed E-state index contributed by atoms with van der Waals surface area (Å²) < 4.78 is 5.16. The Labute approximate surface area is 127 Å².